The topological polar surface area (TPSA) is 12.0 Å². The van der Waals surface area contributed by atoms with Crippen molar-refractivity contribution in [2.24, 2.45) is 0 Å². The van der Waals surface area contributed by atoms with E-state index in [-0.39, 0.29) is 0 Å². The zero-order valence-corrected chi connectivity index (χ0v) is 10.7. The molecule has 2 heteroatoms. The molecule has 0 spiro atoms. The lowest BCUT2D eigenvalue weighted by atomic mass is 10.1. The Morgan fingerprint density at radius 1 is 1.36 bits per heavy atom. The first-order valence-electron chi connectivity index (χ1n) is 5.08. The molecule has 14 heavy (non-hydrogen) atoms. The standard InChI is InChI=1S/C12H18BrN/c1-9(2)14-7-6-11-8-12(13)5-4-10(11)3/h4-5,8-9,14H,6-7H2,1-3H3. The molecule has 0 unspecified atom stereocenters. The highest BCUT2D eigenvalue weighted by atomic mass is 79.9. The molecule has 0 saturated heterocycles. The Balaban J connectivity index is 2.53. The number of halogens is 1. The van der Waals surface area contributed by atoms with E-state index in [0.717, 1.165) is 13.0 Å². The molecule has 0 saturated carbocycles. The van der Waals surface area contributed by atoms with Crippen LogP contribution in [0.5, 0.6) is 0 Å². The minimum Gasteiger partial charge on any atom is -0.314 e. The highest BCUT2D eigenvalue weighted by Gasteiger charge is 1.99. The van der Waals surface area contributed by atoms with Crippen molar-refractivity contribution in [1.29, 1.82) is 0 Å². The molecule has 0 aliphatic carbocycles. The van der Waals surface area contributed by atoms with E-state index < -0.39 is 0 Å². The molecule has 0 aliphatic rings. The Hall–Kier alpha value is -0.340. The van der Waals surface area contributed by atoms with Crippen molar-refractivity contribution in [2.75, 3.05) is 6.54 Å². The van der Waals surface area contributed by atoms with E-state index in [0.29, 0.717) is 6.04 Å². The molecular formula is C12H18BrN. The van der Waals surface area contributed by atoms with Gasteiger partial charge in [-0.2, -0.15) is 0 Å². The summed E-state index contributed by atoms with van der Waals surface area (Å²) in [6.45, 7) is 7.56. The third kappa shape index (κ3) is 3.81. The van der Waals surface area contributed by atoms with Gasteiger partial charge in [-0.25, -0.2) is 0 Å². The molecule has 1 rings (SSSR count). The smallest absolute Gasteiger partial charge is 0.0178 e. The largest absolute Gasteiger partial charge is 0.314 e. The molecule has 0 bridgehead atoms. The van der Waals surface area contributed by atoms with Crippen molar-refractivity contribution in [1.82, 2.24) is 5.32 Å². The van der Waals surface area contributed by atoms with Gasteiger partial charge in [-0.3, -0.25) is 0 Å². The van der Waals surface area contributed by atoms with Crippen molar-refractivity contribution >= 4 is 15.9 Å². The summed E-state index contributed by atoms with van der Waals surface area (Å²) in [5.74, 6) is 0. The predicted octanol–water partition coefficient (Wildman–Crippen LogP) is 3.30. The van der Waals surface area contributed by atoms with E-state index in [4.69, 9.17) is 0 Å². The first kappa shape index (κ1) is 11.7. The van der Waals surface area contributed by atoms with Crippen LogP contribution in [0.3, 0.4) is 0 Å². The first-order chi connectivity index (χ1) is 6.59. The predicted molar refractivity (Wildman–Crippen MR) is 65.7 cm³/mol. The number of benzene rings is 1. The van der Waals surface area contributed by atoms with Gasteiger partial charge in [0.15, 0.2) is 0 Å². The Labute approximate surface area is 95.0 Å². The van der Waals surface area contributed by atoms with Crippen LogP contribution in [-0.2, 0) is 6.42 Å². The quantitative estimate of drug-likeness (QED) is 0.871. The number of hydrogen-bond acceptors (Lipinski definition) is 1. The van der Waals surface area contributed by atoms with Gasteiger partial charge in [-0.05, 0) is 43.1 Å². The summed E-state index contributed by atoms with van der Waals surface area (Å²) in [5, 5.41) is 3.43. The van der Waals surface area contributed by atoms with Crippen molar-refractivity contribution in [3.63, 3.8) is 0 Å². The zero-order valence-electron chi connectivity index (χ0n) is 9.10. The summed E-state index contributed by atoms with van der Waals surface area (Å²) in [5.41, 5.74) is 2.80. The van der Waals surface area contributed by atoms with Gasteiger partial charge < -0.3 is 5.32 Å². The normalized spacial score (nSPS) is 10.9. The van der Waals surface area contributed by atoms with E-state index >= 15 is 0 Å². The summed E-state index contributed by atoms with van der Waals surface area (Å²) in [6.07, 6.45) is 1.10. The second-order valence-corrected chi connectivity index (χ2v) is 4.85. The molecule has 0 radical (unpaired) electrons. The SMILES string of the molecule is Cc1ccc(Br)cc1CCNC(C)C. The van der Waals surface area contributed by atoms with Crippen LogP contribution in [0.15, 0.2) is 22.7 Å². The maximum atomic E-state index is 3.50. The second-order valence-electron chi connectivity index (χ2n) is 3.93. The lowest BCUT2D eigenvalue weighted by Crippen LogP contribution is -2.25. The van der Waals surface area contributed by atoms with Gasteiger partial charge in [0.2, 0.25) is 0 Å². The molecule has 0 aliphatic heterocycles. The number of rotatable bonds is 4. The van der Waals surface area contributed by atoms with Crippen molar-refractivity contribution in [3.05, 3.63) is 33.8 Å². The highest BCUT2D eigenvalue weighted by Crippen LogP contribution is 2.16. The Bertz CT molecular complexity index is 294. The Morgan fingerprint density at radius 2 is 2.07 bits per heavy atom. The highest BCUT2D eigenvalue weighted by molar-refractivity contribution is 9.10. The third-order valence-electron chi connectivity index (χ3n) is 2.26. The van der Waals surface area contributed by atoms with Crippen LogP contribution in [0.25, 0.3) is 0 Å². The molecule has 1 nitrogen and oxygen atoms in total. The van der Waals surface area contributed by atoms with Crippen molar-refractivity contribution in [2.45, 2.75) is 33.2 Å². The van der Waals surface area contributed by atoms with Crippen LogP contribution >= 0.6 is 15.9 Å². The second kappa shape index (κ2) is 5.52. The summed E-state index contributed by atoms with van der Waals surface area (Å²) in [6, 6.07) is 7.03. The number of aryl methyl sites for hydroxylation is 1. The fourth-order valence-electron chi connectivity index (χ4n) is 1.40. The summed E-state index contributed by atoms with van der Waals surface area (Å²) < 4.78 is 1.17. The fraction of sp³-hybridized carbons (Fsp3) is 0.500. The van der Waals surface area contributed by atoms with Crippen LogP contribution in [0.4, 0.5) is 0 Å². The van der Waals surface area contributed by atoms with Gasteiger partial charge in [0.25, 0.3) is 0 Å². The fourth-order valence-corrected chi connectivity index (χ4v) is 1.81. The molecule has 1 aromatic rings. The Kier molecular flexibility index (Phi) is 4.63. The van der Waals surface area contributed by atoms with Crippen LogP contribution < -0.4 is 5.32 Å². The van der Waals surface area contributed by atoms with E-state index in [1.54, 1.807) is 0 Å². The molecule has 0 heterocycles. The molecule has 0 fully saturated rings. The van der Waals surface area contributed by atoms with Crippen LogP contribution in [0.1, 0.15) is 25.0 Å². The van der Waals surface area contributed by atoms with Crippen LogP contribution in [-0.4, -0.2) is 12.6 Å². The van der Waals surface area contributed by atoms with E-state index in [2.05, 4.69) is 60.2 Å². The van der Waals surface area contributed by atoms with E-state index in [9.17, 15) is 0 Å². The molecule has 0 amide bonds. The molecule has 1 aromatic carbocycles. The van der Waals surface area contributed by atoms with E-state index in [1.165, 1.54) is 15.6 Å². The number of hydrogen-bond donors (Lipinski definition) is 1. The summed E-state index contributed by atoms with van der Waals surface area (Å²) >= 11 is 3.50. The molecule has 0 atom stereocenters. The molecule has 0 aromatic heterocycles. The van der Waals surface area contributed by atoms with Gasteiger partial charge in [-0.1, -0.05) is 35.8 Å². The summed E-state index contributed by atoms with van der Waals surface area (Å²) in [7, 11) is 0. The minimum absolute atomic E-state index is 0.572. The van der Waals surface area contributed by atoms with Gasteiger partial charge in [0.1, 0.15) is 0 Å². The van der Waals surface area contributed by atoms with Gasteiger partial charge >= 0.3 is 0 Å². The first-order valence-corrected chi connectivity index (χ1v) is 5.87. The lowest BCUT2D eigenvalue weighted by molar-refractivity contribution is 0.590. The molecular weight excluding hydrogens is 238 g/mol. The van der Waals surface area contributed by atoms with Gasteiger partial charge in [-0.15, -0.1) is 0 Å². The van der Waals surface area contributed by atoms with Crippen LogP contribution in [0, 0.1) is 6.92 Å². The zero-order chi connectivity index (χ0) is 10.6. The van der Waals surface area contributed by atoms with Crippen molar-refractivity contribution < 1.29 is 0 Å². The monoisotopic (exact) mass is 255 g/mol. The summed E-state index contributed by atoms with van der Waals surface area (Å²) in [4.78, 5) is 0. The maximum Gasteiger partial charge on any atom is 0.0178 e. The average molecular weight is 256 g/mol. The van der Waals surface area contributed by atoms with Gasteiger partial charge in [0, 0.05) is 10.5 Å². The average Bonchev–Trinajstić information content (AvgIpc) is 2.10. The number of nitrogens with one attached hydrogen (secondary N) is 1. The molecule has 1 N–H and O–H groups in total. The third-order valence-corrected chi connectivity index (χ3v) is 2.75. The van der Waals surface area contributed by atoms with Gasteiger partial charge in [0.05, 0.1) is 0 Å². The Morgan fingerprint density at radius 3 is 2.71 bits per heavy atom. The van der Waals surface area contributed by atoms with Crippen LogP contribution in [0.2, 0.25) is 0 Å². The van der Waals surface area contributed by atoms with Crippen molar-refractivity contribution in [3.8, 4) is 0 Å². The lowest BCUT2D eigenvalue weighted by Gasteiger charge is -2.10. The van der Waals surface area contributed by atoms with E-state index in [1.807, 2.05) is 0 Å². The minimum atomic E-state index is 0.572. The molecule has 78 valence electrons. The maximum absolute atomic E-state index is 3.50.